The highest BCUT2D eigenvalue weighted by atomic mass is 127. The van der Waals surface area contributed by atoms with Crippen molar-refractivity contribution < 1.29 is 103 Å². The number of hydrogen-bond donors (Lipinski definition) is 0. The van der Waals surface area contributed by atoms with Crippen LogP contribution >= 0.6 is 0 Å². The van der Waals surface area contributed by atoms with E-state index in [0.717, 1.165) is 0 Å². The van der Waals surface area contributed by atoms with Gasteiger partial charge in [-0.25, -0.2) is 0 Å². The molecule has 0 spiro atoms. The molecule has 36 heavy (non-hydrogen) atoms. The van der Waals surface area contributed by atoms with Crippen LogP contribution in [0.25, 0.3) is 0 Å². The van der Waals surface area contributed by atoms with Crippen molar-refractivity contribution in [1.82, 2.24) is 0 Å². The van der Waals surface area contributed by atoms with Crippen molar-refractivity contribution in [1.29, 1.82) is 0 Å². The summed E-state index contributed by atoms with van der Waals surface area (Å²) in [7, 11) is 0. The molecule has 0 aromatic carbocycles. The first-order valence-electron chi connectivity index (χ1n) is 9.70. The smallest absolute Gasteiger partial charge is 0.460 e. The second kappa shape index (κ2) is 10.9. The van der Waals surface area contributed by atoms with Crippen LogP contribution in [-0.4, -0.2) is 78.3 Å². The molecule has 0 aliphatic carbocycles. The van der Waals surface area contributed by atoms with E-state index in [2.05, 4.69) is 0 Å². The maximum Gasteiger partial charge on any atom is 0.460 e. The number of hydrogen-bond acceptors (Lipinski definition) is 0. The van der Waals surface area contributed by atoms with Gasteiger partial charge in [0, 0.05) is 12.8 Å². The SMILES string of the molecule is CC[N+](CC)(CC)CCCC(F)(F)C(F)(F)C(F)(F)C(F)(F)C(F)(F)C(F)(F)C(F)(F)C(F)(F)F.[I-]. The highest BCUT2D eigenvalue weighted by Crippen LogP contribution is 2.64. The maximum absolute atomic E-state index is 13.9. The zero-order chi connectivity index (χ0) is 28.7. The molecule has 0 aromatic heterocycles. The van der Waals surface area contributed by atoms with Crippen LogP contribution in [0.1, 0.15) is 33.6 Å². The average molecular weight is 689 g/mol. The molecule has 0 amide bonds. The molecule has 0 radical (unpaired) electrons. The first-order chi connectivity index (χ1) is 15.1. The van der Waals surface area contributed by atoms with Crippen LogP contribution in [0.3, 0.4) is 0 Å². The van der Waals surface area contributed by atoms with Gasteiger partial charge in [-0.2, -0.15) is 74.6 Å². The minimum Gasteiger partial charge on any atom is -1.00 e. The van der Waals surface area contributed by atoms with Gasteiger partial charge in [0.05, 0.1) is 26.2 Å². The van der Waals surface area contributed by atoms with Gasteiger partial charge in [0.1, 0.15) is 0 Å². The lowest BCUT2D eigenvalue weighted by Gasteiger charge is -2.43. The third-order valence-corrected chi connectivity index (χ3v) is 5.92. The summed E-state index contributed by atoms with van der Waals surface area (Å²) >= 11 is 0. The van der Waals surface area contributed by atoms with E-state index < -0.39 is 67.0 Å². The fourth-order valence-corrected chi connectivity index (χ4v) is 3.14. The highest BCUT2D eigenvalue weighted by molar-refractivity contribution is 5.15. The molecule has 1 nitrogen and oxygen atoms in total. The molecule has 0 heterocycles. The van der Waals surface area contributed by atoms with Crippen molar-refractivity contribution in [2.45, 2.75) is 81.2 Å². The molecule has 0 fully saturated rings. The number of alkyl halides is 17. The van der Waals surface area contributed by atoms with Crippen LogP contribution in [-0.2, 0) is 0 Å². The van der Waals surface area contributed by atoms with E-state index in [1.165, 1.54) is 20.8 Å². The normalized spacial score (nSPS) is 15.7. The summed E-state index contributed by atoms with van der Waals surface area (Å²) in [4.78, 5) is 0. The predicted octanol–water partition coefficient (Wildman–Crippen LogP) is 4.66. The van der Waals surface area contributed by atoms with Gasteiger partial charge < -0.3 is 28.5 Å². The van der Waals surface area contributed by atoms with Gasteiger partial charge in [0.25, 0.3) is 0 Å². The van der Waals surface area contributed by atoms with E-state index in [1.807, 2.05) is 0 Å². The maximum atomic E-state index is 13.9. The lowest BCUT2D eigenvalue weighted by molar-refractivity contribution is -0.923. The Kier molecular flexibility index (Phi) is 11.4. The van der Waals surface area contributed by atoms with E-state index in [9.17, 15) is 74.6 Å². The van der Waals surface area contributed by atoms with Gasteiger partial charge in [-0.05, 0) is 20.8 Å². The molecule has 0 N–H and O–H groups in total. The Balaban J connectivity index is 0. The second-order valence-electron chi connectivity index (χ2n) is 7.77. The van der Waals surface area contributed by atoms with E-state index in [4.69, 9.17) is 0 Å². The van der Waals surface area contributed by atoms with Gasteiger partial charge in [0.2, 0.25) is 0 Å². The molecule has 0 atom stereocenters. The molecule has 0 unspecified atom stereocenters. The Bertz CT molecular complexity index is 704. The molecule has 0 aromatic rings. The molecule has 0 rings (SSSR count). The Hall–Kier alpha value is -0.500. The fraction of sp³-hybridized carbons (Fsp3) is 1.00. The Morgan fingerprint density at radius 2 is 0.722 bits per heavy atom. The highest BCUT2D eigenvalue weighted by Gasteiger charge is 2.95. The quantitative estimate of drug-likeness (QED) is 0.150. The van der Waals surface area contributed by atoms with Crippen molar-refractivity contribution in [3.8, 4) is 0 Å². The number of quaternary nitrogens is 1. The van der Waals surface area contributed by atoms with Crippen molar-refractivity contribution in [3.05, 3.63) is 0 Å². The molecular weight excluding hydrogens is 668 g/mol. The molecule has 19 heteroatoms. The molecular formula is C17H21F17IN. The van der Waals surface area contributed by atoms with Crippen LogP contribution in [0, 0.1) is 0 Å². The lowest BCUT2D eigenvalue weighted by atomic mass is 9.88. The molecule has 0 saturated carbocycles. The van der Waals surface area contributed by atoms with Crippen molar-refractivity contribution in [2.24, 2.45) is 0 Å². The van der Waals surface area contributed by atoms with E-state index in [0.29, 0.717) is 0 Å². The topological polar surface area (TPSA) is 0 Å². The molecule has 220 valence electrons. The first-order valence-corrected chi connectivity index (χ1v) is 9.70. The van der Waals surface area contributed by atoms with Crippen LogP contribution < -0.4 is 24.0 Å². The van der Waals surface area contributed by atoms with E-state index >= 15 is 0 Å². The number of rotatable bonds is 13. The second-order valence-corrected chi connectivity index (χ2v) is 7.77. The minimum atomic E-state index is -8.58. The zero-order valence-electron chi connectivity index (χ0n) is 18.5. The van der Waals surface area contributed by atoms with Crippen molar-refractivity contribution >= 4 is 0 Å². The molecule has 0 bridgehead atoms. The third-order valence-electron chi connectivity index (χ3n) is 5.92. The van der Waals surface area contributed by atoms with Gasteiger partial charge in [-0.3, -0.25) is 0 Å². The summed E-state index contributed by atoms with van der Waals surface area (Å²) in [6.07, 6.45) is -11.2. The Morgan fingerprint density at radius 1 is 0.444 bits per heavy atom. The molecule has 0 aliphatic rings. The van der Waals surface area contributed by atoms with Gasteiger partial charge in [-0.15, -0.1) is 0 Å². The van der Waals surface area contributed by atoms with Gasteiger partial charge in [0.15, 0.2) is 0 Å². The van der Waals surface area contributed by atoms with Gasteiger partial charge in [-0.1, -0.05) is 0 Å². The van der Waals surface area contributed by atoms with E-state index in [1.54, 1.807) is 0 Å². The summed E-state index contributed by atoms with van der Waals surface area (Å²) in [6, 6.07) is 0. The van der Waals surface area contributed by atoms with Crippen LogP contribution in [0.2, 0.25) is 0 Å². The zero-order valence-corrected chi connectivity index (χ0v) is 20.7. The van der Waals surface area contributed by atoms with Crippen LogP contribution in [0.5, 0.6) is 0 Å². The summed E-state index contributed by atoms with van der Waals surface area (Å²) in [5.74, 6) is -55.8. The summed E-state index contributed by atoms with van der Waals surface area (Å²) in [6.45, 7) is 4.76. The summed E-state index contributed by atoms with van der Waals surface area (Å²) < 4.78 is 225. The third kappa shape index (κ3) is 5.60. The molecule has 0 saturated heterocycles. The minimum absolute atomic E-state index is 0. The van der Waals surface area contributed by atoms with E-state index in [-0.39, 0.29) is 48.1 Å². The Morgan fingerprint density at radius 3 is 1.00 bits per heavy atom. The fourth-order valence-electron chi connectivity index (χ4n) is 3.14. The first kappa shape index (κ1) is 37.7. The van der Waals surface area contributed by atoms with Crippen molar-refractivity contribution in [3.63, 3.8) is 0 Å². The largest absolute Gasteiger partial charge is 1.00 e. The number of halogens is 18. The summed E-state index contributed by atoms with van der Waals surface area (Å²) in [5.41, 5.74) is 0. The predicted molar refractivity (Wildman–Crippen MR) is 86.7 cm³/mol. The Labute approximate surface area is 211 Å². The summed E-state index contributed by atoms with van der Waals surface area (Å²) in [5, 5.41) is 0. The average Bonchev–Trinajstić information content (AvgIpc) is 2.69. The standard InChI is InChI=1S/C17H21F17N.HI/c1-4-35(5-2,6-3)9-7-8-10(18,19)11(20,21)12(22,23)13(24,25)14(26,27)15(28,29)16(30,31)17(32,33)34;/h4-9H2,1-3H3;1H/q+1;/p-1. The molecule has 0 aliphatic heterocycles. The number of nitrogens with zero attached hydrogens (tertiary/aromatic N) is 1. The van der Waals surface area contributed by atoms with Crippen LogP contribution in [0.15, 0.2) is 0 Å². The lowest BCUT2D eigenvalue weighted by Crippen LogP contribution is -3.00. The monoisotopic (exact) mass is 689 g/mol. The van der Waals surface area contributed by atoms with Gasteiger partial charge >= 0.3 is 47.6 Å². The van der Waals surface area contributed by atoms with Crippen LogP contribution in [0.4, 0.5) is 74.6 Å². The van der Waals surface area contributed by atoms with Crippen molar-refractivity contribution in [2.75, 3.05) is 26.2 Å².